The number of nitrogens with one attached hydrogen (secondary N) is 1. The van der Waals surface area contributed by atoms with Crippen molar-refractivity contribution in [1.29, 1.82) is 0 Å². The lowest BCUT2D eigenvalue weighted by Crippen LogP contribution is -2.53. The second kappa shape index (κ2) is 15.6. The number of hydrogen-bond acceptors (Lipinski definition) is 5. The van der Waals surface area contributed by atoms with Crippen LogP contribution in [0.25, 0.3) is 0 Å². The lowest BCUT2D eigenvalue weighted by Gasteiger charge is -2.33. The molecule has 0 aliphatic carbocycles. The Labute approximate surface area is 282 Å². The van der Waals surface area contributed by atoms with Crippen LogP contribution >= 0.6 is 39.1 Å². The Morgan fingerprint density at radius 3 is 2.20 bits per heavy atom. The van der Waals surface area contributed by atoms with Gasteiger partial charge < -0.3 is 15.0 Å². The lowest BCUT2D eigenvalue weighted by molar-refractivity contribution is -0.139. The Kier molecular flexibility index (Phi) is 11.9. The fourth-order valence-corrected chi connectivity index (χ4v) is 6.84. The molecule has 0 aliphatic rings. The molecule has 0 aliphatic heterocycles. The fourth-order valence-electron chi connectivity index (χ4n) is 4.69. The smallest absolute Gasteiger partial charge is 0.264 e. The molecule has 1 atom stereocenters. The molecule has 0 spiro atoms. The van der Waals surface area contributed by atoms with Gasteiger partial charge in [-0.05, 0) is 78.7 Å². The molecular weight excluding hydrogens is 701 g/mol. The summed E-state index contributed by atoms with van der Waals surface area (Å²) >= 11 is 16.0. The van der Waals surface area contributed by atoms with Crippen LogP contribution in [0.2, 0.25) is 10.0 Å². The number of amides is 2. The molecule has 0 unspecified atom stereocenters. The molecule has 1 N–H and O–H groups in total. The van der Waals surface area contributed by atoms with Crippen LogP contribution in [0.1, 0.15) is 18.1 Å². The van der Waals surface area contributed by atoms with Gasteiger partial charge in [-0.15, -0.1) is 0 Å². The van der Waals surface area contributed by atoms with E-state index in [9.17, 15) is 18.0 Å². The largest absolute Gasteiger partial charge is 0.494 e. The van der Waals surface area contributed by atoms with Crippen LogP contribution in [0.5, 0.6) is 5.75 Å². The Bertz CT molecular complexity index is 1720. The van der Waals surface area contributed by atoms with E-state index in [0.717, 1.165) is 9.87 Å². The summed E-state index contributed by atoms with van der Waals surface area (Å²) in [5, 5.41) is 3.38. The zero-order chi connectivity index (χ0) is 32.6. The highest BCUT2D eigenvalue weighted by molar-refractivity contribution is 9.10. The van der Waals surface area contributed by atoms with Crippen molar-refractivity contribution in [3.8, 4) is 5.75 Å². The van der Waals surface area contributed by atoms with E-state index in [1.807, 2.05) is 37.3 Å². The number of hydrogen-bond donors (Lipinski definition) is 1. The number of benzene rings is 4. The van der Waals surface area contributed by atoms with E-state index in [-0.39, 0.29) is 23.5 Å². The summed E-state index contributed by atoms with van der Waals surface area (Å²) in [6.45, 7) is 1.61. The average molecular weight is 734 g/mol. The zero-order valence-corrected chi connectivity index (χ0v) is 28.5. The van der Waals surface area contributed by atoms with Gasteiger partial charge >= 0.3 is 0 Å². The highest BCUT2D eigenvalue weighted by atomic mass is 79.9. The van der Waals surface area contributed by atoms with E-state index in [0.29, 0.717) is 32.4 Å². The van der Waals surface area contributed by atoms with Crippen LogP contribution in [0.4, 0.5) is 5.69 Å². The maximum Gasteiger partial charge on any atom is 0.264 e. The third kappa shape index (κ3) is 8.79. The van der Waals surface area contributed by atoms with Crippen molar-refractivity contribution in [2.24, 2.45) is 0 Å². The summed E-state index contributed by atoms with van der Waals surface area (Å²) in [4.78, 5) is 29.1. The summed E-state index contributed by atoms with van der Waals surface area (Å²) in [6.07, 6.45) is 0.181. The lowest BCUT2D eigenvalue weighted by atomic mass is 10.0. The van der Waals surface area contributed by atoms with Gasteiger partial charge in [0.25, 0.3) is 10.0 Å². The highest BCUT2D eigenvalue weighted by Crippen LogP contribution is 2.29. The molecule has 0 radical (unpaired) electrons. The van der Waals surface area contributed by atoms with Crippen LogP contribution in [0.3, 0.4) is 0 Å². The molecule has 0 bridgehead atoms. The first kappa shape index (κ1) is 34.3. The number of anilines is 1. The standard InChI is InChI=1S/C33H32BrCl2N3O5S/c1-3-44-28-15-13-27(14-16-28)39(45(42,43)29-17-10-25(34)11-18-29)22-32(40)38(21-24-9-12-26(35)20-30(24)36)31(33(41)37-2)19-23-7-5-4-6-8-23/h4-18,20,31H,3,19,21-22H2,1-2H3,(H,37,41)/t31-/m0/s1. The third-order valence-electron chi connectivity index (χ3n) is 6.99. The van der Waals surface area contributed by atoms with Gasteiger partial charge in [0.2, 0.25) is 11.8 Å². The van der Waals surface area contributed by atoms with Crippen LogP contribution in [0, 0.1) is 0 Å². The number of likely N-dealkylation sites (N-methyl/N-ethyl adjacent to an activating group) is 1. The van der Waals surface area contributed by atoms with Crippen LogP contribution in [0.15, 0.2) is 106 Å². The van der Waals surface area contributed by atoms with Gasteiger partial charge in [-0.1, -0.05) is 75.5 Å². The molecule has 45 heavy (non-hydrogen) atoms. The van der Waals surface area contributed by atoms with E-state index < -0.39 is 34.4 Å². The monoisotopic (exact) mass is 731 g/mol. The minimum Gasteiger partial charge on any atom is -0.494 e. The summed E-state index contributed by atoms with van der Waals surface area (Å²) in [6, 6.07) is 25.7. The van der Waals surface area contributed by atoms with Gasteiger partial charge in [0.1, 0.15) is 18.3 Å². The molecule has 4 aromatic rings. The zero-order valence-electron chi connectivity index (χ0n) is 24.6. The van der Waals surface area contributed by atoms with Gasteiger partial charge in [0.15, 0.2) is 0 Å². The minimum atomic E-state index is -4.24. The van der Waals surface area contributed by atoms with Gasteiger partial charge in [0, 0.05) is 34.5 Å². The molecule has 0 heterocycles. The number of rotatable bonds is 13. The van der Waals surface area contributed by atoms with Crippen molar-refractivity contribution >= 4 is 66.7 Å². The minimum absolute atomic E-state index is 0.00758. The molecule has 8 nitrogen and oxygen atoms in total. The Morgan fingerprint density at radius 2 is 1.60 bits per heavy atom. The predicted molar refractivity (Wildman–Crippen MR) is 181 cm³/mol. The van der Waals surface area contributed by atoms with Crippen LogP contribution in [-0.4, -0.2) is 51.4 Å². The fraction of sp³-hybridized carbons (Fsp3) is 0.212. The number of sulfonamides is 1. The van der Waals surface area contributed by atoms with Crippen molar-refractivity contribution in [3.05, 3.63) is 123 Å². The molecule has 236 valence electrons. The molecule has 0 saturated carbocycles. The molecule has 4 rings (SSSR count). The molecule has 4 aromatic carbocycles. The summed E-state index contributed by atoms with van der Waals surface area (Å²) in [7, 11) is -2.75. The SMILES string of the molecule is CCOc1ccc(N(CC(=O)N(Cc2ccc(Cl)cc2Cl)[C@@H](Cc2ccccc2)C(=O)NC)S(=O)(=O)c2ccc(Br)cc2)cc1. The Hall–Kier alpha value is -3.57. The van der Waals surface area contributed by atoms with E-state index in [1.54, 1.807) is 54.6 Å². The van der Waals surface area contributed by atoms with E-state index in [4.69, 9.17) is 27.9 Å². The van der Waals surface area contributed by atoms with Crippen molar-refractivity contribution in [3.63, 3.8) is 0 Å². The van der Waals surface area contributed by atoms with Gasteiger partial charge in [-0.3, -0.25) is 13.9 Å². The Balaban J connectivity index is 1.80. The summed E-state index contributed by atoms with van der Waals surface area (Å²) in [5.41, 5.74) is 1.61. The van der Waals surface area contributed by atoms with E-state index in [2.05, 4.69) is 21.2 Å². The number of carbonyl (C=O) groups excluding carboxylic acids is 2. The molecule has 0 fully saturated rings. The first-order valence-corrected chi connectivity index (χ1v) is 17.0. The van der Waals surface area contributed by atoms with Crippen molar-refractivity contribution < 1.29 is 22.7 Å². The predicted octanol–water partition coefficient (Wildman–Crippen LogP) is 6.74. The van der Waals surface area contributed by atoms with Crippen LogP contribution in [-0.2, 0) is 32.6 Å². The van der Waals surface area contributed by atoms with Crippen LogP contribution < -0.4 is 14.4 Å². The molecule has 0 saturated heterocycles. The molecule has 2 amide bonds. The second-order valence-electron chi connectivity index (χ2n) is 9.97. The quantitative estimate of drug-likeness (QED) is 0.164. The second-order valence-corrected chi connectivity index (χ2v) is 13.6. The maximum absolute atomic E-state index is 14.4. The first-order chi connectivity index (χ1) is 21.5. The van der Waals surface area contributed by atoms with Gasteiger partial charge in [-0.2, -0.15) is 0 Å². The van der Waals surface area contributed by atoms with E-state index >= 15 is 0 Å². The number of ether oxygens (including phenoxy) is 1. The van der Waals surface area contributed by atoms with Crippen molar-refractivity contribution in [2.45, 2.75) is 30.8 Å². The number of carbonyl (C=O) groups is 2. The molecular formula is C33H32BrCl2N3O5S. The van der Waals surface area contributed by atoms with Gasteiger partial charge in [0.05, 0.1) is 17.2 Å². The molecule has 0 aromatic heterocycles. The summed E-state index contributed by atoms with van der Waals surface area (Å²) in [5.74, 6) is -0.476. The highest BCUT2D eigenvalue weighted by Gasteiger charge is 2.34. The maximum atomic E-state index is 14.4. The first-order valence-electron chi connectivity index (χ1n) is 14.0. The number of halogens is 3. The topological polar surface area (TPSA) is 96.0 Å². The molecule has 12 heteroatoms. The van der Waals surface area contributed by atoms with Gasteiger partial charge in [-0.25, -0.2) is 8.42 Å². The van der Waals surface area contributed by atoms with E-state index in [1.165, 1.54) is 24.1 Å². The average Bonchev–Trinajstić information content (AvgIpc) is 3.03. The Morgan fingerprint density at radius 1 is 0.933 bits per heavy atom. The number of nitrogens with zero attached hydrogens (tertiary/aromatic N) is 2. The summed E-state index contributed by atoms with van der Waals surface area (Å²) < 4.78 is 35.5. The normalized spacial score (nSPS) is 11.8. The van der Waals surface area contributed by atoms with Crippen molar-refractivity contribution in [2.75, 3.05) is 24.5 Å². The third-order valence-corrected chi connectivity index (χ3v) is 9.89. The van der Waals surface area contributed by atoms with Crippen molar-refractivity contribution in [1.82, 2.24) is 10.2 Å².